The summed E-state index contributed by atoms with van der Waals surface area (Å²) in [4.78, 5) is 11.2. The van der Waals surface area contributed by atoms with Gasteiger partial charge in [-0.25, -0.2) is 0 Å². The van der Waals surface area contributed by atoms with Crippen LogP contribution >= 0.6 is 0 Å². The van der Waals surface area contributed by atoms with Gasteiger partial charge in [0, 0.05) is 20.0 Å². The zero-order valence-electron chi connectivity index (χ0n) is 13.5. The first-order chi connectivity index (χ1) is 10.3. The molecule has 0 amide bonds. The molecule has 0 aliphatic carbocycles. The Morgan fingerprint density at radius 2 is 1.57 bits per heavy atom. The van der Waals surface area contributed by atoms with Gasteiger partial charge in [0.1, 0.15) is 6.61 Å². The number of rotatable bonds is 11. The van der Waals surface area contributed by atoms with Crippen molar-refractivity contribution in [1.29, 1.82) is 0 Å². The summed E-state index contributed by atoms with van der Waals surface area (Å²) in [5.74, 6) is 11.3. The van der Waals surface area contributed by atoms with Crippen LogP contribution < -0.4 is 0 Å². The van der Waals surface area contributed by atoms with Crippen LogP contribution in [0.1, 0.15) is 64.7 Å². The Morgan fingerprint density at radius 3 is 2.29 bits per heavy atom. The van der Waals surface area contributed by atoms with Gasteiger partial charge in [-0.2, -0.15) is 0 Å². The zero-order valence-corrected chi connectivity index (χ0v) is 13.5. The van der Waals surface area contributed by atoms with Crippen molar-refractivity contribution in [2.24, 2.45) is 0 Å². The van der Waals surface area contributed by atoms with Crippen LogP contribution in [0.5, 0.6) is 0 Å². The van der Waals surface area contributed by atoms with Crippen LogP contribution in [0.4, 0.5) is 0 Å². The topological polar surface area (TPSA) is 35.5 Å². The quantitative estimate of drug-likeness (QED) is 0.331. The van der Waals surface area contributed by atoms with Crippen molar-refractivity contribution in [3.8, 4) is 23.7 Å². The molecule has 3 heteroatoms. The zero-order chi connectivity index (χ0) is 15.6. The van der Waals surface area contributed by atoms with E-state index in [1.54, 1.807) is 7.11 Å². The first kappa shape index (κ1) is 19.6. The second kappa shape index (κ2) is 16.6. The third kappa shape index (κ3) is 16.5. The number of ether oxygens (including phenoxy) is 2. The van der Waals surface area contributed by atoms with Crippen molar-refractivity contribution in [3.05, 3.63) is 0 Å². The van der Waals surface area contributed by atoms with Crippen molar-refractivity contribution in [2.45, 2.75) is 64.7 Å². The fourth-order valence-electron chi connectivity index (χ4n) is 1.68. The number of esters is 1. The van der Waals surface area contributed by atoms with Gasteiger partial charge in [-0.05, 0) is 18.3 Å². The molecular formula is C18H28O3. The lowest BCUT2D eigenvalue weighted by Gasteiger charge is -2.01. The number of carbonyl (C=O) groups excluding carboxylic acids is 1. The minimum atomic E-state index is -0.235. The highest BCUT2D eigenvalue weighted by atomic mass is 16.6. The predicted octanol–water partition coefficient (Wildman–Crippen LogP) is 3.71. The summed E-state index contributed by atoms with van der Waals surface area (Å²) in [7, 11) is 1.57. The second-order valence-electron chi connectivity index (χ2n) is 4.83. The Kier molecular flexibility index (Phi) is 15.5. The van der Waals surface area contributed by atoms with E-state index in [1.807, 2.05) is 0 Å². The first-order valence-electron chi connectivity index (χ1n) is 7.91. The second-order valence-corrected chi connectivity index (χ2v) is 4.83. The number of hydrogen-bond acceptors (Lipinski definition) is 3. The molecule has 0 fully saturated rings. The summed E-state index contributed by atoms with van der Waals surface area (Å²) >= 11 is 0. The smallest absolute Gasteiger partial charge is 0.306 e. The van der Waals surface area contributed by atoms with E-state index in [0.717, 1.165) is 12.8 Å². The molecule has 0 heterocycles. The van der Waals surface area contributed by atoms with Crippen LogP contribution in [0.25, 0.3) is 0 Å². The lowest BCUT2D eigenvalue weighted by Crippen LogP contribution is -2.08. The molecule has 3 nitrogen and oxygen atoms in total. The van der Waals surface area contributed by atoms with Crippen LogP contribution in [0.3, 0.4) is 0 Å². The molecule has 0 N–H and O–H groups in total. The average molecular weight is 292 g/mol. The van der Waals surface area contributed by atoms with E-state index in [0.29, 0.717) is 26.1 Å². The molecule has 0 bridgehead atoms. The molecule has 0 aromatic heterocycles. The van der Waals surface area contributed by atoms with Gasteiger partial charge >= 0.3 is 5.97 Å². The lowest BCUT2D eigenvalue weighted by atomic mass is 10.1. The van der Waals surface area contributed by atoms with Crippen LogP contribution in [0, 0.1) is 23.7 Å². The van der Waals surface area contributed by atoms with Crippen LogP contribution in [0.15, 0.2) is 0 Å². The van der Waals surface area contributed by atoms with Crippen molar-refractivity contribution in [3.63, 3.8) is 0 Å². The summed E-state index contributed by atoms with van der Waals surface area (Å²) in [5, 5.41) is 0. The van der Waals surface area contributed by atoms with Crippen molar-refractivity contribution >= 4 is 5.97 Å². The standard InChI is InChI=1S/C18H28O3/c1-3-4-5-6-7-8-9-10-11-12-13-14-15-18(19)21-17-16-20-2/h3-9,14-17H2,1-2H3. The van der Waals surface area contributed by atoms with Gasteiger partial charge in [0.2, 0.25) is 0 Å². The monoisotopic (exact) mass is 292 g/mol. The fourth-order valence-corrected chi connectivity index (χ4v) is 1.68. The molecule has 0 rings (SSSR count). The Labute approximate surface area is 129 Å². The van der Waals surface area contributed by atoms with Crippen molar-refractivity contribution < 1.29 is 14.3 Å². The molecule has 0 unspecified atom stereocenters. The normalized spacial score (nSPS) is 9.24. The molecule has 0 aromatic rings. The van der Waals surface area contributed by atoms with E-state index < -0.39 is 0 Å². The predicted molar refractivity (Wildman–Crippen MR) is 85.6 cm³/mol. The van der Waals surface area contributed by atoms with E-state index in [1.165, 1.54) is 32.1 Å². The molecule has 0 aliphatic heterocycles. The summed E-state index contributed by atoms with van der Waals surface area (Å²) in [5.41, 5.74) is 0. The van der Waals surface area contributed by atoms with Crippen molar-refractivity contribution in [1.82, 2.24) is 0 Å². The summed E-state index contributed by atoms with van der Waals surface area (Å²) < 4.78 is 9.70. The molecule has 0 saturated heterocycles. The Hall–Kier alpha value is -1.45. The molecule has 0 aromatic carbocycles. The van der Waals surface area contributed by atoms with Gasteiger partial charge in [0.05, 0.1) is 13.0 Å². The van der Waals surface area contributed by atoms with Gasteiger partial charge in [-0.15, -0.1) is 0 Å². The number of methoxy groups -OCH3 is 1. The molecule has 0 saturated carbocycles. The summed E-state index contributed by atoms with van der Waals surface area (Å²) in [6, 6.07) is 0. The van der Waals surface area contributed by atoms with E-state index in [2.05, 4.69) is 30.6 Å². The fraction of sp³-hybridized carbons (Fsp3) is 0.722. The Bertz CT molecular complexity index is 365. The molecule has 0 atom stereocenters. The number of hydrogen-bond donors (Lipinski definition) is 0. The van der Waals surface area contributed by atoms with Crippen LogP contribution in [0.2, 0.25) is 0 Å². The highest BCUT2D eigenvalue weighted by molar-refractivity contribution is 5.69. The maximum absolute atomic E-state index is 11.2. The van der Waals surface area contributed by atoms with Crippen LogP contribution in [-0.2, 0) is 14.3 Å². The first-order valence-corrected chi connectivity index (χ1v) is 7.91. The Morgan fingerprint density at radius 1 is 0.905 bits per heavy atom. The molecule has 118 valence electrons. The largest absolute Gasteiger partial charge is 0.463 e. The highest BCUT2D eigenvalue weighted by Crippen LogP contribution is 2.05. The molecule has 0 aliphatic rings. The van der Waals surface area contributed by atoms with Crippen molar-refractivity contribution in [2.75, 3.05) is 20.3 Å². The minimum Gasteiger partial charge on any atom is -0.463 e. The highest BCUT2D eigenvalue weighted by Gasteiger charge is 1.99. The van der Waals surface area contributed by atoms with Gasteiger partial charge in [0.25, 0.3) is 0 Å². The number of carbonyl (C=O) groups is 1. The minimum absolute atomic E-state index is 0.235. The molecular weight excluding hydrogens is 264 g/mol. The van der Waals surface area contributed by atoms with Gasteiger partial charge < -0.3 is 9.47 Å². The maximum Gasteiger partial charge on any atom is 0.306 e. The van der Waals surface area contributed by atoms with E-state index in [4.69, 9.17) is 9.47 Å². The van der Waals surface area contributed by atoms with Gasteiger partial charge in [-0.3, -0.25) is 4.79 Å². The SMILES string of the molecule is CCCCCCCCC#CC#CCCC(=O)OCCOC. The average Bonchev–Trinajstić information content (AvgIpc) is 2.48. The summed E-state index contributed by atoms with van der Waals surface area (Å²) in [6.45, 7) is 2.96. The maximum atomic E-state index is 11.2. The molecule has 0 radical (unpaired) electrons. The number of unbranched alkanes of at least 4 members (excludes halogenated alkanes) is 6. The third-order valence-corrected chi connectivity index (χ3v) is 2.90. The molecule has 0 spiro atoms. The third-order valence-electron chi connectivity index (χ3n) is 2.90. The summed E-state index contributed by atoms with van der Waals surface area (Å²) in [6.07, 6.45) is 9.42. The van der Waals surface area contributed by atoms with Gasteiger partial charge in [0.15, 0.2) is 0 Å². The molecule has 21 heavy (non-hydrogen) atoms. The Balaban J connectivity index is 3.44. The lowest BCUT2D eigenvalue weighted by molar-refractivity contribution is -0.144. The van der Waals surface area contributed by atoms with E-state index in [9.17, 15) is 4.79 Å². The van der Waals surface area contributed by atoms with Gasteiger partial charge in [-0.1, -0.05) is 50.9 Å². The van der Waals surface area contributed by atoms with Crippen LogP contribution in [-0.4, -0.2) is 26.3 Å². The van der Waals surface area contributed by atoms with E-state index >= 15 is 0 Å². The van der Waals surface area contributed by atoms with E-state index in [-0.39, 0.29) is 5.97 Å².